The molecule has 0 amide bonds. The summed E-state index contributed by atoms with van der Waals surface area (Å²) in [4.78, 5) is 8.76. The maximum atomic E-state index is 5.93. The van der Waals surface area contributed by atoms with E-state index in [9.17, 15) is 0 Å². The van der Waals surface area contributed by atoms with Crippen LogP contribution < -0.4 is 10.5 Å². The van der Waals surface area contributed by atoms with Crippen molar-refractivity contribution < 1.29 is 4.74 Å². The molecule has 0 unspecified atom stereocenters. The number of aromatic nitrogens is 2. The van der Waals surface area contributed by atoms with Gasteiger partial charge >= 0.3 is 0 Å². The van der Waals surface area contributed by atoms with Gasteiger partial charge in [-0.15, -0.1) is 0 Å². The molecule has 0 saturated heterocycles. The first-order valence-electron chi connectivity index (χ1n) is 8.02. The van der Waals surface area contributed by atoms with Crippen LogP contribution in [0.5, 0.6) is 5.75 Å². The van der Waals surface area contributed by atoms with Gasteiger partial charge in [0.25, 0.3) is 0 Å². The fraction of sp³-hybridized carbons (Fsp3) is 0.200. The molecule has 4 nitrogen and oxygen atoms in total. The molecule has 1 aromatic heterocycles. The van der Waals surface area contributed by atoms with E-state index in [0.717, 1.165) is 28.3 Å². The molecule has 0 fully saturated rings. The molecule has 0 atom stereocenters. The minimum atomic E-state index is 0.273. The Labute approximate surface area is 142 Å². The zero-order valence-electron chi connectivity index (χ0n) is 14.2. The second-order valence-electron chi connectivity index (χ2n) is 5.75. The number of nitrogen functional groups attached to an aromatic ring is 1. The Balaban J connectivity index is 2.00. The van der Waals surface area contributed by atoms with E-state index in [-0.39, 0.29) is 5.95 Å². The number of hydrogen-bond acceptors (Lipinski definition) is 4. The molecule has 24 heavy (non-hydrogen) atoms. The quantitative estimate of drug-likeness (QED) is 0.774. The van der Waals surface area contributed by atoms with E-state index in [1.54, 1.807) is 0 Å². The van der Waals surface area contributed by atoms with Gasteiger partial charge in [0.2, 0.25) is 5.95 Å². The van der Waals surface area contributed by atoms with Crippen molar-refractivity contribution in [1.29, 1.82) is 0 Å². The molecule has 0 bridgehead atoms. The number of hydrogen-bond donors (Lipinski definition) is 1. The largest absolute Gasteiger partial charge is 0.494 e. The zero-order valence-corrected chi connectivity index (χ0v) is 14.2. The number of benzene rings is 2. The van der Waals surface area contributed by atoms with Crippen LogP contribution in [-0.2, 0) is 0 Å². The minimum Gasteiger partial charge on any atom is -0.494 e. The van der Waals surface area contributed by atoms with Crippen LogP contribution in [0, 0.1) is 13.8 Å². The lowest BCUT2D eigenvalue weighted by Crippen LogP contribution is -1.99. The van der Waals surface area contributed by atoms with Crippen molar-refractivity contribution in [3.8, 4) is 28.3 Å². The smallest absolute Gasteiger partial charge is 0.221 e. The van der Waals surface area contributed by atoms with E-state index >= 15 is 0 Å². The fourth-order valence-corrected chi connectivity index (χ4v) is 2.55. The third-order valence-corrected chi connectivity index (χ3v) is 4.01. The summed E-state index contributed by atoms with van der Waals surface area (Å²) in [5, 5.41) is 0. The molecule has 0 spiro atoms. The van der Waals surface area contributed by atoms with E-state index in [0.29, 0.717) is 6.61 Å². The highest BCUT2D eigenvalue weighted by Crippen LogP contribution is 2.27. The molecule has 2 aromatic carbocycles. The lowest BCUT2D eigenvalue weighted by atomic mass is 10.0. The predicted molar refractivity (Wildman–Crippen MR) is 98.0 cm³/mol. The molecule has 122 valence electrons. The van der Waals surface area contributed by atoms with Gasteiger partial charge in [-0.25, -0.2) is 9.97 Å². The molecule has 2 N–H and O–H groups in total. The average molecular weight is 319 g/mol. The standard InChI is InChI=1S/C20H21N3O/c1-4-24-17-9-7-15(8-10-17)18-12-19(23-20(21)22-18)16-6-5-13(2)14(3)11-16/h5-12H,4H2,1-3H3,(H2,21,22,23). The van der Waals surface area contributed by atoms with Crippen LogP contribution in [0.2, 0.25) is 0 Å². The summed E-state index contributed by atoms with van der Waals surface area (Å²) in [5.41, 5.74) is 12.1. The molecule has 0 aliphatic heterocycles. The third kappa shape index (κ3) is 3.38. The summed E-state index contributed by atoms with van der Waals surface area (Å²) in [5.74, 6) is 1.12. The van der Waals surface area contributed by atoms with Gasteiger partial charge in [0.05, 0.1) is 18.0 Å². The molecular formula is C20H21N3O. The van der Waals surface area contributed by atoms with E-state index in [4.69, 9.17) is 10.5 Å². The van der Waals surface area contributed by atoms with Crippen LogP contribution in [-0.4, -0.2) is 16.6 Å². The van der Waals surface area contributed by atoms with Crippen molar-refractivity contribution in [2.24, 2.45) is 0 Å². The minimum absolute atomic E-state index is 0.273. The van der Waals surface area contributed by atoms with Crippen molar-refractivity contribution in [1.82, 2.24) is 9.97 Å². The van der Waals surface area contributed by atoms with Crippen LogP contribution in [0.25, 0.3) is 22.5 Å². The Morgan fingerprint density at radius 2 is 1.46 bits per heavy atom. The Morgan fingerprint density at radius 1 is 0.833 bits per heavy atom. The van der Waals surface area contributed by atoms with Gasteiger partial charge in [-0.3, -0.25) is 0 Å². The van der Waals surface area contributed by atoms with E-state index in [1.807, 2.05) is 37.3 Å². The number of rotatable bonds is 4. The molecule has 0 aliphatic carbocycles. The second kappa shape index (κ2) is 6.71. The predicted octanol–water partition coefficient (Wildman–Crippen LogP) is 4.41. The molecule has 1 heterocycles. The molecule has 0 aliphatic rings. The summed E-state index contributed by atoms with van der Waals surface area (Å²) >= 11 is 0. The molecular weight excluding hydrogens is 298 g/mol. The first kappa shape index (κ1) is 16.0. The molecule has 0 radical (unpaired) electrons. The summed E-state index contributed by atoms with van der Waals surface area (Å²) in [7, 11) is 0. The van der Waals surface area contributed by atoms with Gasteiger partial charge < -0.3 is 10.5 Å². The normalized spacial score (nSPS) is 10.6. The topological polar surface area (TPSA) is 61.0 Å². The number of nitrogens with zero attached hydrogens (tertiary/aromatic N) is 2. The first-order chi connectivity index (χ1) is 11.6. The maximum Gasteiger partial charge on any atom is 0.221 e. The zero-order chi connectivity index (χ0) is 17.1. The Bertz CT molecular complexity index is 857. The molecule has 4 heteroatoms. The highest BCUT2D eigenvalue weighted by Gasteiger charge is 2.08. The highest BCUT2D eigenvalue weighted by molar-refractivity contribution is 5.70. The van der Waals surface area contributed by atoms with Crippen molar-refractivity contribution >= 4 is 5.95 Å². The Kier molecular flexibility index (Phi) is 4.47. The van der Waals surface area contributed by atoms with Crippen LogP contribution in [0.3, 0.4) is 0 Å². The highest BCUT2D eigenvalue weighted by atomic mass is 16.5. The van der Waals surface area contributed by atoms with E-state index < -0.39 is 0 Å². The van der Waals surface area contributed by atoms with Crippen LogP contribution >= 0.6 is 0 Å². The molecule has 3 rings (SSSR count). The number of nitrogens with two attached hydrogens (primary N) is 1. The van der Waals surface area contributed by atoms with E-state index in [2.05, 4.69) is 42.0 Å². The maximum absolute atomic E-state index is 5.93. The third-order valence-electron chi connectivity index (χ3n) is 4.01. The van der Waals surface area contributed by atoms with Gasteiger partial charge in [0.15, 0.2) is 0 Å². The van der Waals surface area contributed by atoms with Crippen molar-refractivity contribution in [2.75, 3.05) is 12.3 Å². The number of anilines is 1. The van der Waals surface area contributed by atoms with Gasteiger partial charge in [0.1, 0.15) is 5.75 Å². The lowest BCUT2D eigenvalue weighted by Gasteiger charge is -2.09. The summed E-state index contributed by atoms with van der Waals surface area (Å²) in [6.07, 6.45) is 0. The summed E-state index contributed by atoms with van der Waals surface area (Å²) < 4.78 is 5.48. The monoisotopic (exact) mass is 319 g/mol. The van der Waals surface area contributed by atoms with Gasteiger partial charge in [-0.2, -0.15) is 0 Å². The summed E-state index contributed by atoms with van der Waals surface area (Å²) in [6, 6.07) is 16.1. The van der Waals surface area contributed by atoms with Crippen LogP contribution in [0.1, 0.15) is 18.1 Å². The SMILES string of the molecule is CCOc1ccc(-c2cc(-c3ccc(C)c(C)c3)nc(N)n2)cc1. The van der Waals surface area contributed by atoms with Crippen molar-refractivity contribution in [3.05, 3.63) is 59.7 Å². The Hall–Kier alpha value is -2.88. The summed E-state index contributed by atoms with van der Waals surface area (Å²) in [6.45, 7) is 6.81. The molecule has 3 aromatic rings. The first-order valence-corrected chi connectivity index (χ1v) is 8.02. The van der Waals surface area contributed by atoms with Crippen molar-refractivity contribution in [2.45, 2.75) is 20.8 Å². The lowest BCUT2D eigenvalue weighted by molar-refractivity contribution is 0.340. The number of ether oxygens (including phenoxy) is 1. The van der Waals surface area contributed by atoms with Crippen molar-refractivity contribution in [3.63, 3.8) is 0 Å². The fourth-order valence-electron chi connectivity index (χ4n) is 2.55. The van der Waals surface area contributed by atoms with Gasteiger partial charge in [-0.1, -0.05) is 12.1 Å². The Morgan fingerprint density at radius 3 is 2.08 bits per heavy atom. The average Bonchev–Trinajstić information content (AvgIpc) is 2.58. The van der Waals surface area contributed by atoms with Crippen LogP contribution in [0.15, 0.2) is 48.5 Å². The second-order valence-corrected chi connectivity index (χ2v) is 5.75. The van der Waals surface area contributed by atoms with Crippen LogP contribution in [0.4, 0.5) is 5.95 Å². The van der Waals surface area contributed by atoms with Gasteiger partial charge in [0, 0.05) is 11.1 Å². The molecule has 0 saturated carbocycles. The number of aryl methyl sites for hydroxylation is 2. The van der Waals surface area contributed by atoms with Gasteiger partial charge in [-0.05, 0) is 68.3 Å². The van der Waals surface area contributed by atoms with E-state index in [1.165, 1.54) is 11.1 Å².